The summed E-state index contributed by atoms with van der Waals surface area (Å²) in [5, 5.41) is 8.40. The molecular weight excluding hydrogens is 536 g/mol. The fourth-order valence-electron chi connectivity index (χ4n) is 6.91. The Kier molecular flexibility index (Phi) is 10.3. The highest BCUT2D eigenvalue weighted by Crippen LogP contribution is 2.43. The van der Waals surface area contributed by atoms with Crippen LogP contribution in [0.15, 0.2) is 18.6 Å². The van der Waals surface area contributed by atoms with E-state index in [0.717, 1.165) is 51.4 Å². The molecule has 2 saturated carbocycles. The van der Waals surface area contributed by atoms with Gasteiger partial charge in [0.05, 0.1) is 6.20 Å². The number of hydrogen-bond acceptors (Lipinski definition) is 7. The maximum absolute atomic E-state index is 14.3. The highest BCUT2D eigenvalue weighted by atomic mass is 16.2. The molecule has 5 amide bonds. The molecule has 5 atom stereocenters. The Labute approximate surface area is 248 Å². The molecular formula is C31H46N6O5. The third-order valence-corrected chi connectivity index (χ3v) is 9.07. The van der Waals surface area contributed by atoms with Crippen LogP contribution in [-0.2, 0) is 19.2 Å². The second-order valence-electron chi connectivity index (χ2n) is 13.2. The van der Waals surface area contributed by atoms with Crippen LogP contribution in [0.3, 0.4) is 0 Å². The lowest BCUT2D eigenvalue weighted by molar-refractivity contribution is -0.146. The minimum atomic E-state index is -0.940. The SMILES string of the molecule is CCCC(=O)NC(=O)C1C2CCCC2CN1C(=O)C(NC(=O)C(NC(=O)c1cnccn1)C1CCCCC1)C(C)(C)C. The summed E-state index contributed by atoms with van der Waals surface area (Å²) in [6, 6.07) is -2.54. The zero-order chi connectivity index (χ0) is 30.4. The van der Waals surface area contributed by atoms with Gasteiger partial charge in [-0.1, -0.05) is 53.4 Å². The summed E-state index contributed by atoms with van der Waals surface area (Å²) < 4.78 is 0. The number of carbonyl (C=O) groups is 5. The Bertz CT molecular complexity index is 1150. The zero-order valence-electron chi connectivity index (χ0n) is 25.4. The second-order valence-corrected chi connectivity index (χ2v) is 13.2. The average Bonchev–Trinajstić information content (AvgIpc) is 3.56. The molecule has 3 N–H and O–H groups in total. The molecule has 0 bridgehead atoms. The Morgan fingerprint density at radius 1 is 0.976 bits per heavy atom. The largest absolute Gasteiger partial charge is 0.342 e. The van der Waals surface area contributed by atoms with E-state index in [2.05, 4.69) is 25.9 Å². The zero-order valence-corrected chi connectivity index (χ0v) is 25.4. The van der Waals surface area contributed by atoms with Crippen LogP contribution in [0.25, 0.3) is 0 Å². The first kappa shape index (κ1) is 31.6. The molecule has 3 fully saturated rings. The van der Waals surface area contributed by atoms with E-state index in [9.17, 15) is 24.0 Å². The number of aromatic nitrogens is 2. The highest BCUT2D eigenvalue weighted by Gasteiger charge is 2.52. The topological polar surface area (TPSA) is 150 Å². The van der Waals surface area contributed by atoms with Gasteiger partial charge in [0.1, 0.15) is 23.8 Å². The van der Waals surface area contributed by atoms with Crippen LogP contribution in [0.5, 0.6) is 0 Å². The van der Waals surface area contributed by atoms with E-state index in [1.165, 1.54) is 18.6 Å². The Hall–Kier alpha value is -3.37. The van der Waals surface area contributed by atoms with Gasteiger partial charge in [-0.05, 0) is 55.3 Å². The van der Waals surface area contributed by atoms with E-state index in [0.29, 0.717) is 13.0 Å². The fraction of sp³-hybridized carbons (Fsp3) is 0.710. The molecule has 230 valence electrons. The molecule has 42 heavy (non-hydrogen) atoms. The smallest absolute Gasteiger partial charge is 0.272 e. The summed E-state index contributed by atoms with van der Waals surface area (Å²) in [5.41, 5.74) is -0.570. The van der Waals surface area contributed by atoms with E-state index in [1.54, 1.807) is 4.90 Å². The number of fused-ring (bicyclic) bond motifs is 1. The van der Waals surface area contributed by atoms with Gasteiger partial charge in [0.25, 0.3) is 5.91 Å². The molecule has 0 spiro atoms. The van der Waals surface area contributed by atoms with Gasteiger partial charge in [-0.15, -0.1) is 0 Å². The summed E-state index contributed by atoms with van der Waals surface area (Å²) >= 11 is 0. The molecule has 0 radical (unpaired) electrons. The normalized spacial score (nSPS) is 23.9. The molecule has 1 aromatic heterocycles. The minimum absolute atomic E-state index is 0.0130. The molecule has 11 nitrogen and oxygen atoms in total. The van der Waals surface area contributed by atoms with Crippen molar-refractivity contribution >= 4 is 29.5 Å². The van der Waals surface area contributed by atoms with Gasteiger partial charge in [-0.2, -0.15) is 0 Å². The van der Waals surface area contributed by atoms with E-state index in [4.69, 9.17) is 0 Å². The molecule has 3 aliphatic rings. The van der Waals surface area contributed by atoms with Crippen LogP contribution in [0.1, 0.15) is 102 Å². The van der Waals surface area contributed by atoms with Gasteiger partial charge in [0.2, 0.25) is 23.6 Å². The second kappa shape index (κ2) is 13.7. The summed E-state index contributed by atoms with van der Waals surface area (Å²) in [7, 11) is 0. The fourth-order valence-corrected chi connectivity index (χ4v) is 6.91. The van der Waals surface area contributed by atoms with Crippen LogP contribution < -0.4 is 16.0 Å². The van der Waals surface area contributed by atoms with Gasteiger partial charge in [0.15, 0.2) is 0 Å². The van der Waals surface area contributed by atoms with Gasteiger partial charge in [-0.3, -0.25) is 34.3 Å². The number of carbonyl (C=O) groups excluding carboxylic acids is 5. The maximum atomic E-state index is 14.3. The van der Waals surface area contributed by atoms with Crippen molar-refractivity contribution in [3.05, 3.63) is 24.3 Å². The van der Waals surface area contributed by atoms with Gasteiger partial charge in [0, 0.05) is 25.4 Å². The molecule has 2 heterocycles. The summed E-state index contributed by atoms with van der Waals surface area (Å²) in [5.74, 6) is -1.94. The third kappa shape index (κ3) is 7.33. The van der Waals surface area contributed by atoms with Gasteiger partial charge >= 0.3 is 0 Å². The number of rotatable bonds is 9. The van der Waals surface area contributed by atoms with Crippen molar-refractivity contribution in [2.24, 2.45) is 23.2 Å². The molecule has 1 saturated heterocycles. The average molecular weight is 583 g/mol. The van der Waals surface area contributed by atoms with Crippen LogP contribution in [0.2, 0.25) is 0 Å². The first-order chi connectivity index (χ1) is 20.0. The molecule has 5 unspecified atom stereocenters. The summed E-state index contributed by atoms with van der Waals surface area (Å²) in [6.45, 7) is 7.91. The standard InChI is InChI=1S/C31H46N6O5/c1-5-10-23(38)34-29(41)25-21-14-9-13-20(21)18-37(25)30(42)26(31(2,3)4)36-28(40)24(19-11-7-6-8-12-19)35-27(39)22-17-32-15-16-33-22/h15-17,19-21,24-26H,5-14,18H2,1-4H3,(H,35,39)(H,36,40)(H,34,38,41). The lowest BCUT2D eigenvalue weighted by Crippen LogP contribution is -2.62. The maximum Gasteiger partial charge on any atom is 0.272 e. The summed E-state index contributed by atoms with van der Waals surface area (Å²) in [6.07, 6.45) is 12.4. The van der Waals surface area contributed by atoms with Crippen molar-refractivity contribution < 1.29 is 24.0 Å². The predicted octanol–water partition coefficient (Wildman–Crippen LogP) is 2.76. The first-order valence-electron chi connectivity index (χ1n) is 15.5. The van der Waals surface area contributed by atoms with Crippen LogP contribution in [0, 0.1) is 23.2 Å². The number of nitrogens with zero attached hydrogens (tertiary/aromatic N) is 3. The van der Waals surface area contributed by atoms with Gasteiger partial charge in [-0.25, -0.2) is 4.98 Å². The van der Waals surface area contributed by atoms with E-state index in [1.807, 2.05) is 27.7 Å². The van der Waals surface area contributed by atoms with Crippen LogP contribution >= 0.6 is 0 Å². The van der Waals surface area contributed by atoms with Crippen molar-refractivity contribution in [2.45, 2.75) is 110 Å². The number of nitrogens with one attached hydrogen (secondary N) is 3. The van der Waals surface area contributed by atoms with Gasteiger partial charge < -0.3 is 15.5 Å². The molecule has 1 aliphatic heterocycles. The number of hydrogen-bond donors (Lipinski definition) is 3. The Morgan fingerprint density at radius 3 is 2.36 bits per heavy atom. The molecule has 0 aromatic carbocycles. The quantitative estimate of drug-likeness (QED) is 0.405. The van der Waals surface area contributed by atoms with Crippen LogP contribution in [-0.4, -0.2) is 69.1 Å². The van der Waals surface area contributed by atoms with Crippen LogP contribution in [0.4, 0.5) is 0 Å². The third-order valence-electron chi connectivity index (χ3n) is 9.07. The number of likely N-dealkylation sites (tertiary alicyclic amines) is 1. The van der Waals surface area contributed by atoms with Crippen molar-refractivity contribution in [2.75, 3.05) is 6.54 Å². The molecule has 4 rings (SSSR count). The minimum Gasteiger partial charge on any atom is -0.342 e. The molecule has 2 aliphatic carbocycles. The van der Waals surface area contributed by atoms with E-state index < -0.39 is 41.3 Å². The first-order valence-corrected chi connectivity index (χ1v) is 15.5. The monoisotopic (exact) mass is 582 g/mol. The lowest BCUT2D eigenvalue weighted by Gasteiger charge is -2.38. The Balaban J connectivity index is 1.56. The van der Waals surface area contributed by atoms with E-state index in [-0.39, 0.29) is 41.7 Å². The van der Waals surface area contributed by atoms with Crippen molar-refractivity contribution in [1.29, 1.82) is 0 Å². The van der Waals surface area contributed by atoms with E-state index >= 15 is 0 Å². The highest BCUT2D eigenvalue weighted by molar-refractivity contribution is 6.01. The van der Waals surface area contributed by atoms with Crippen molar-refractivity contribution in [3.8, 4) is 0 Å². The predicted molar refractivity (Wildman–Crippen MR) is 156 cm³/mol. The van der Waals surface area contributed by atoms with Crippen molar-refractivity contribution in [1.82, 2.24) is 30.8 Å². The molecule has 1 aromatic rings. The molecule has 11 heteroatoms. The number of amides is 5. The Morgan fingerprint density at radius 2 is 1.71 bits per heavy atom. The summed E-state index contributed by atoms with van der Waals surface area (Å²) in [4.78, 5) is 76.6. The van der Waals surface area contributed by atoms with Crippen molar-refractivity contribution in [3.63, 3.8) is 0 Å². The number of imide groups is 1. The lowest BCUT2D eigenvalue weighted by atomic mass is 9.82.